The molecular weight excluding hydrogens is 172 g/mol. The number of alkyl halides is 3. The number of halogens is 4. The molecule has 0 spiro atoms. The maximum absolute atomic E-state index is 11.6. The van der Waals surface area contributed by atoms with E-state index in [0.29, 0.717) is 0 Å². The molecule has 0 radical (unpaired) electrons. The zero-order chi connectivity index (χ0) is 7.44. The summed E-state index contributed by atoms with van der Waals surface area (Å²) in [6.45, 7) is 0. The van der Waals surface area contributed by atoms with Gasteiger partial charge in [0.2, 0.25) is 6.30 Å². The van der Waals surface area contributed by atoms with Crippen molar-refractivity contribution in [3.05, 3.63) is 0 Å². The van der Waals surface area contributed by atoms with E-state index in [1.54, 1.807) is 0 Å². The summed E-state index contributed by atoms with van der Waals surface area (Å²) in [5.74, 6) is 0. The number of hydrogen-bond acceptors (Lipinski definition) is 1. The van der Waals surface area contributed by atoms with Crippen LogP contribution in [0.4, 0.5) is 18.0 Å². The van der Waals surface area contributed by atoms with Gasteiger partial charge in [0, 0.05) is 0 Å². The fraction of sp³-hybridized carbons (Fsp3) is 0.667. The van der Waals surface area contributed by atoms with E-state index in [2.05, 4.69) is 5.73 Å². The first-order valence-electron chi connectivity index (χ1n) is 2.02. The molecule has 7 heteroatoms. The highest BCUT2D eigenvalue weighted by atomic mass is 35.5. The summed E-state index contributed by atoms with van der Waals surface area (Å²) < 4.78 is 33.9. The van der Waals surface area contributed by atoms with Gasteiger partial charge in [-0.25, -0.2) is 18.0 Å². The number of amides is 2. The Morgan fingerprint density at radius 1 is 1.40 bits per heavy atom. The number of primary amides is 1. The second-order valence-corrected chi connectivity index (χ2v) is 1.24. The van der Waals surface area contributed by atoms with Crippen molar-refractivity contribution in [3.63, 3.8) is 0 Å². The van der Waals surface area contributed by atoms with Crippen molar-refractivity contribution in [2.75, 3.05) is 0 Å². The molecule has 0 aromatic heterocycles. The summed E-state index contributed by atoms with van der Waals surface area (Å²) in [6, 6.07) is -1.30. The summed E-state index contributed by atoms with van der Waals surface area (Å²) in [5.41, 5.74) is 4.31. The number of carbonyl (C=O) groups is 1. The molecule has 1 unspecified atom stereocenters. The van der Waals surface area contributed by atoms with Gasteiger partial charge < -0.3 is 11.1 Å². The third-order valence-corrected chi connectivity index (χ3v) is 0.501. The predicted molar refractivity (Wildman–Crippen MR) is 30.9 cm³/mol. The van der Waals surface area contributed by atoms with E-state index in [-0.39, 0.29) is 12.4 Å². The van der Waals surface area contributed by atoms with Crippen LogP contribution in [0.15, 0.2) is 0 Å². The Labute approximate surface area is 61.2 Å². The quantitative estimate of drug-likeness (QED) is 0.599. The molecule has 0 aliphatic carbocycles. The summed E-state index contributed by atoms with van der Waals surface area (Å²) >= 11 is 0. The average molecular weight is 179 g/mol. The lowest BCUT2D eigenvalue weighted by molar-refractivity contribution is 0.0376. The van der Waals surface area contributed by atoms with Gasteiger partial charge in [0.05, 0.1) is 0 Å². The molecule has 0 bridgehead atoms. The topological polar surface area (TPSA) is 55.1 Å². The SMILES string of the molecule is Cl.NC(=O)NC(F)C(F)F. The van der Waals surface area contributed by atoms with Crippen molar-refractivity contribution in [2.45, 2.75) is 12.7 Å². The third kappa shape index (κ3) is 5.49. The summed E-state index contributed by atoms with van der Waals surface area (Å²) in [5, 5.41) is 1.16. The lowest BCUT2D eigenvalue weighted by Gasteiger charge is -2.05. The molecule has 10 heavy (non-hydrogen) atoms. The fourth-order valence-electron chi connectivity index (χ4n) is 0.199. The van der Waals surface area contributed by atoms with Gasteiger partial charge in [0.15, 0.2) is 0 Å². The van der Waals surface area contributed by atoms with Crippen LogP contribution in [0, 0.1) is 0 Å². The maximum Gasteiger partial charge on any atom is 0.314 e. The number of nitrogens with two attached hydrogens (primary N) is 1. The van der Waals surface area contributed by atoms with Crippen molar-refractivity contribution >= 4 is 18.4 Å². The highest BCUT2D eigenvalue weighted by Gasteiger charge is 2.19. The Hall–Kier alpha value is -0.650. The molecule has 62 valence electrons. The van der Waals surface area contributed by atoms with Gasteiger partial charge in [-0.05, 0) is 0 Å². The number of rotatable bonds is 2. The normalized spacial score (nSPS) is 12.0. The second kappa shape index (κ2) is 5.16. The van der Waals surface area contributed by atoms with E-state index >= 15 is 0 Å². The molecule has 1 atom stereocenters. The van der Waals surface area contributed by atoms with Crippen molar-refractivity contribution in [1.29, 1.82) is 0 Å². The van der Waals surface area contributed by atoms with E-state index in [4.69, 9.17) is 0 Å². The molecule has 0 aromatic carbocycles. The van der Waals surface area contributed by atoms with Gasteiger partial charge >= 0.3 is 6.03 Å². The van der Waals surface area contributed by atoms with E-state index in [1.807, 2.05) is 0 Å². The molecule has 0 rings (SSSR count). The monoisotopic (exact) mass is 178 g/mol. The Kier molecular flexibility index (Phi) is 6.23. The van der Waals surface area contributed by atoms with Gasteiger partial charge in [-0.1, -0.05) is 0 Å². The van der Waals surface area contributed by atoms with Crippen LogP contribution < -0.4 is 11.1 Å². The number of hydrogen-bond donors (Lipinski definition) is 2. The average Bonchev–Trinajstić information content (AvgIpc) is 1.63. The first-order chi connectivity index (χ1) is 4.04. The highest BCUT2D eigenvalue weighted by molar-refractivity contribution is 5.85. The zero-order valence-corrected chi connectivity index (χ0v) is 5.50. The molecular formula is C3H6ClF3N2O. The molecule has 3 nitrogen and oxygen atoms in total. The summed E-state index contributed by atoms with van der Waals surface area (Å²) in [4.78, 5) is 9.65. The zero-order valence-electron chi connectivity index (χ0n) is 4.68. The predicted octanol–water partition coefficient (Wildman–Crippen LogP) is 0.637. The van der Waals surface area contributed by atoms with Crippen molar-refractivity contribution in [3.8, 4) is 0 Å². The van der Waals surface area contributed by atoms with E-state index in [9.17, 15) is 18.0 Å². The molecule has 0 fully saturated rings. The highest BCUT2D eigenvalue weighted by Crippen LogP contribution is 2.00. The Morgan fingerprint density at radius 2 is 1.80 bits per heavy atom. The minimum absolute atomic E-state index is 0. The van der Waals surface area contributed by atoms with Gasteiger partial charge in [-0.15, -0.1) is 12.4 Å². The van der Waals surface area contributed by atoms with E-state index in [0.717, 1.165) is 5.32 Å². The Morgan fingerprint density at radius 3 is 1.90 bits per heavy atom. The second-order valence-electron chi connectivity index (χ2n) is 1.24. The van der Waals surface area contributed by atoms with Crippen LogP contribution in [-0.4, -0.2) is 18.8 Å². The summed E-state index contributed by atoms with van der Waals surface area (Å²) in [6.07, 6.45) is -5.89. The van der Waals surface area contributed by atoms with Crippen LogP contribution in [-0.2, 0) is 0 Å². The molecule has 0 aliphatic rings. The van der Waals surface area contributed by atoms with Gasteiger partial charge in [-0.2, -0.15) is 0 Å². The van der Waals surface area contributed by atoms with Crippen LogP contribution in [0.2, 0.25) is 0 Å². The maximum atomic E-state index is 11.6. The standard InChI is InChI=1S/C3H5F3N2O.ClH/c4-1(5)2(6)8-3(7)9;/h1-2H,(H3,7,8,9);1H. The lowest BCUT2D eigenvalue weighted by Crippen LogP contribution is -2.39. The van der Waals surface area contributed by atoms with E-state index < -0.39 is 18.8 Å². The molecule has 3 N–H and O–H groups in total. The first kappa shape index (κ1) is 12.1. The number of carbonyl (C=O) groups excluding carboxylic acids is 1. The summed E-state index contributed by atoms with van der Waals surface area (Å²) in [7, 11) is 0. The van der Waals surface area contributed by atoms with Crippen molar-refractivity contribution < 1.29 is 18.0 Å². The Balaban J connectivity index is 0. The first-order valence-corrected chi connectivity index (χ1v) is 2.02. The molecule has 0 saturated carbocycles. The smallest absolute Gasteiger partial charge is 0.314 e. The molecule has 0 saturated heterocycles. The molecule has 0 aromatic rings. The van der Waals surface area contributed by atoms with Crippen LogP contribution in [0.1, 0.15) is 0 Å². The number of nitrogens with one attached hydrogen (secondary N) is 1. The fourth-order valence-corrected chi connectivity index (χ4v) is 0.199. The lowest BCUT2D eigenvalue weighted by atomic mass is 10.6. The largest absolute Gasteiger partial charge is 0.352 e. The van der Waals surface area contributed by atoms with Crippen LogP contribution in [0.5, 0.6) is 0 Å². The van der Waals surface area contributed by atoms with Crippen LogP contribution in [0.3, 0.4) is 0 Å². The van der Waals surface area contributed by atoms with Crippen molar-refractivity contribution in [1.82, 2.24) is 5.32 Å². The van der Waals surface area contributed by atoms with Gasteiger partial charge in [0.25, 0.3) is 6.43 Å². The van der Waals surface area contributed by atoms with Crippen molar-refractivity contribution in [2.24, 2.45) is 5.73 Å². The van der Waals surface area contributed by atoms with Crippen LogP contribution in [0.25, 0.3) is 0 Å². The van der Waals surface area contributed by atoms with E-state index in [1.165, 1.54) is 0 Å². The Bertz CT molecular complexity index is 112. The minimum atomic E-state index is -3.22. The molecule has 2 amide bonds. The van der Waals surface area contributed by atoms with Gasteiger partial charge in [0.1, 0.15) is 0 Å². The minimum Gasteiger partial charge on any atom is -0.352 e. The third-order valence-electron chi connectivity index (χ3n) is 0.501. The number of urea groups is 1. The molecule has 0 heterocycles. The van der Waals surface area contributed by atoms with Gasteiger partial charge in [-0.3, -0.25) is 0 Å². The molecule has 0 aliphatic heterocycles. The van der Waals surface area contributed by atoms with Crippen LogP contribution >= 0.6 is 12.4 Å².